The number of carbonyl (C=O) groups is 1. The summed E-state index contributed by atoms with van der Waals surface area (Å²) in [4.78, 5) is 11.2. The molecule has 31 heavy (non-hydrogen) atoms. The molecular formula is C28H54N2O. The summed E-state index contributed by atoms with van der Waals surface area (Å²) in [6.45, 7) is 23.2. The van der Waals surface area contributed by atoms with E-state index in [-0.39, 0.29) is 5.54 Å². The molecule has 0 spiro atoms. The number of hydrogen-bond donors (Lipinski definition) is 2. The molecule has 3 heteroatoms. The second-order valence-corrected chi connectivity index (χ2v) is 11.2. The van der Waals surface area contributed by atoms with Crippen molar-refractivity contribution < 1.29 is 4.79 Å². The van der Waals surface area contributed by atoms with Crippen LogP contribution in [0.2, 0.25) is 0 Å². The molecule has 0 bridgehead atoms. The van der Waals surface area contributed by atoms with Crippen LogP contribution >= 0.6 is 0 Å². The third-order valence-electron chi connectivity index (χ3n) is 6.09. The molecule has 0 saturated carbocycles. The Morgan fingerprint density at radius 3 is 1.71 bits per heavy atom. The predicted molar refractivity (Wildman–Crippen MR) is 139 cm³/mol. The van der Waals surface area contributed by atoms with E-state index < -0.39 is 0 Å². The molecule has 0 aromatic heterocycles. The summed E-state index contributed by atoms with van der Waals surface area (Å²) in [5.41, 5.74) is 3.07. The molecule has 0 saturated heterocycles. The van der Waals surface area contributed by atoms with Gasteiger partial charge in [0, 0.05) is 24.2 Å². The van der Waals surface area contributed by atoms with Crippen LogP contribution in [0.1, 0.15) is 125 Å². The minimum absolute atomic E-state index is 0.195. The van der Waals surface area contributed by atoms with Crippen molar-refractivity contribution in [3.63, 3.8) is 0 Å². The normalized spacial score (nSPS) is 13.6. The van der Waals surface area contributed by atoms with Crippen LogP contribution in [-0.2, 0) is 4.79 Å². The highest BCUT2D eigenvalue weighted by molar-refractivity contribution is 5.75. The summed E-state index contributed by atoms with van der Waals surface area (Å²) in [6, 6.07) is 0. The first-order chi connectivity index (χ1) is 14.4. The van der Waals surface area contributed by atoms with Crippen LogP contribution in [0.15, 0.2) is 24.4 Å². The Morgan fingerprint density at radius 1 is 0.710 bits per heavy atom. The molecule has 0 amide bonds. The van der Waals surface area contributed by atoms with Gasteiger partial charge in [-0.2, -0.15) is 0 Å². The SMILES string of the molecule is C=C(C)CCCCC(C)(CCCCC(=C)NCCCNC(C)(C)C)CCCCC(C)=O. The summed E-state index contributed by atoms with van der Waals surface area (Å²) >= 11 is 0. The molecule has 2 N–H and O–H groups in total. The zero-order valence-corrected chi connectivity index (χ0v) is 21.9. The zero-order chi connectivity index (χ0) is 23.8. The van der Waals surface area contributed by atoms with Gasteiger partial charge in [-0.1, -0.05) is 38.3 Å². The van der Waals surface area contributed by atoms with Crippen LogP contribution in [0, 0.1) is 5.41 Å². The standard InChI is InChI=1S/C28H54N2O/c1-24(2)16-9-12-19-28(8,21-14-11-18-26(4)31)20-13-10-17-25(3)29-22-15-23-30-27(5,6)7/h29-30H,1,3,9-23H2,2,4-8H3. The van der Waals surface area contributed by atoms with Crippen molar-refractivity contribution in [2.75, 3.05) is 13.1 Å². The summed E-state index contributed by atoms with van der Waals surface area (Å²) in [7, 11) is 0. The van der Waals surface area contributed by atoms with E-state index in [4.69, 9.17) is 0 Å². The molecular weight excluding hydrogens is 380 g/mol. The fourth-order valence-electron chi connectivity index (χ4n) is 4.07. The highest BCUT2D eigenvalue weighted by atomic mass is 16.1. The average Bonchev–Trinajstić information content (AvgIpc) is 2.65. The summed E-state index contributed by atoms with van der Waals surface area (Å²) in [5, 5.41) is 7.02. The summed E-state index contributed by atoms with van der Waals surface area (Å²) in [5.74, 6) is 0.323. The van der Waals surface area contributed by atoms with Gasteiger partial charge < -0.3 is 15.4 Å². The molecule has 1 atom stereocenters. The predicted octanol–water partition coefficient (Wildman–Crippen LogP) is 7.72. The number of ketones is 1. The van der Waals surface area contributed by atoms with E-state index in [1.807, 2.05) is 0 Å². The lowest BCUT2D eigenvalue weighted by Crippen LogP contribution is -2.37. The van der Waals surface area contributed by atoms with Crippen molar-refractivity contribution in [1.29, 1.82) is 0 Å². The number of nitrogens with one attached hydrogen (secondary N) is 2. The minimum atomic E-state index is 0.195. The second kappa shape index (κ2) is 16.5. The van der Waals surface area contributed by atoms with Crippen LogP contribution in [0.4, 0.5) is 0 Å². The number of rotatable bonds is 20. The molecule has 0 aromatic rings. The van der Waals surface area contributed by atoms with Gasteiger partial charge in [-0.3, -0.25) is 0 Å². The Kier molecular flexibility index (Phi) is 15.9. The topological polar surface area (TPSA) is 41.1 Å². The number of hydrogen-bond acceptors (Lipinski definition) is 3. The quantitative estimate of drug-likeness (QED) is 0.152. The minimum Gasteiger partial charge on any atom is -0.389 e. The van der Waals surface area contributed by atoms with Gasteiger partial charge >= 0.3 is 0 Å². The summed E-state index contributed by atoms with van der Waals surface area (Å²) < 4.78 is 0. The molecule has 0 aromatic carbocycles. The molecule has 182 valence electrons. The van der Waals surface area contributed by atoms with Gasteiger partial charge in [0.2, 0.25) is 0 Å². The van der Waals surface area contributed by atoms with Crippen LogP contribution in [-0.4, -0.2) is 24.4 Å². The van der Waals surface area contributed by atoms with Gasteiger partial charge in [0.05, 0.1) is 0 Å². The maximum Gasteiger partial charge on any atom is 0.129 e. The Hall–Kier alpha value is -1.09. The van der Waals surface area contributed by atoms with E-state index in [0.717, 1.165) is 45.2 Å². The van der Waals surface area contributed by atoms with Gasteiger partial charge in [-0.25, -0.2) is 0 Å². The van der Waals surface area contributed by atoms with Crippen molar-refractivity contribution in [1.82, 2.24) is 10.6 Å². The monoisotopic (exact) mass is 434 g/mol. The Labute approximate surface area is 194 Å². The van der Waals surface area contributed by atoms with Gasteiger partial charge in [0.1, 0.15) is 5.78 Å². The van der Waals surface area contributed by atoms with E-state index >= 15 is 0 Å². The van der Waals surface area contributed by atoms with Gasteiger partial charge in [-0.15, -0.1) is 6.58 Å². The van der Waals surface area contributed by atoms with Crippen molar-refractivity contribution >= 4 is 5.78 Å². The van der Waals surface area contributed by atoms with Crippen molar-refractivity contribution in [3.05, 3.63) is 24.4 Å². The fourth-order valence-corrected chi connectivity index (χ4v) is 4.07. The molecule has 0 aliphatic rings. The Balaban J connectivity index is 4.18. The molecule has 1 unspecified atom stereocenters. The van der Waals surface area contributed by atoms with Crippen molar-refractivity contribution in [2.45, 2.75) is 131 Å². The van der Waals surface area contributed by atoms with Crippen molar-refractivity contribution in [2.24, 2.45) is 5.41 Å². The first-order valence-corrected chi connectivity index (χ1v) is 12.7. The van der Waals surface area contributed by atoms with Gasteiger partial charge in [0.25, 0.3) is 0 Å². The zero-order valence-electron chi connectivity index (χ0n) is 21.9. The molecule has 0 heterocycles. The van der Waals surface area contributed by atoms with Gasteiger partial charge in [0.15, 0.2) is 0 Å². The van der Waals surface area contributed by atoms with Crippen molar-refractivity contribution in [3.8, 4) is 0 Å². The molecule has 0 aliphatic carbocycles. The smallest absolute Gasteiger partial charge is 0.129 e. The lowest BCUT2D eigenvalue weighted by molar-refractivity contribution is -0.117. The Bertz CT molecular complexity index is 494. The second-order valence-electron chi connectivity index (χ2n) is 11.2. The highest BCUT2D eigenvalue weighted by Gasteiger charge is 2.23. The maximum absolute atomic E-state index is 11.2. The van der Waals surface area contributed by atoms with Crippen LogP contribution in [0.3, 0.4) is 0 Å². The number of unbranched alkanes of at least 4 members (excludes halogenated alkanes) is 3. The lowest BCUT2D eigenvalue weighted by Gasteiger charge is -2.30. The first-order valence-electron chi connectivity index (χ1n) is 12.7. The maximum atomic E-state index is 11.2. The number of allylic oxidation sites excluding steroid dienone is 2. The molecule has 0 radical (unpaired) electrons. The van der Waals surface area contributed by atoms with Gasteiger partial charge in [-0.05, 0) is 104 Å². The van der Waals surface area contributed by atoms with E-state index in [0.29, 0.717) is 11.2 Å². The van der Waals surface area contributed by atoms with E-state index in [9.17, 15) is 4.79 Å². The highest BCUT2D eigenvalue weighted by Crippen LogP contribution is 2.36. The molecule has 0 fully saturated rings. The summed E-state index contributed by atoms with van der Waals surface area (Å²) in [6.07, 6.45) is 15.1. The third kappa shape index (κ3) is 20.6. The molecule has 0 rings (SSSR count). The van der Waals surface area contributed by atoms with Crippen LogP contribution in [0.5, 0.6) is 0 Å². The van der Waals surface area contributed by atoms with Crippen LogP contribution < -0.4 is 10.6 Å². The Morgan fingerprint density at radius 2 is 1.23 bits per heavy atom. The fraction of sp³-hybridized carbons (Fsp3) is 0.821. The van der Waals surface area contributed by atoms with E-state index in [1.165, 1.54) is 62.6 Å². The average molecular weight is 435 g/mol. The van der Waals surface area contributed by atoms with Crippen LogP contribution in [0.25, 0.3) is 0 Å². The third-order valence-corrected chi connectivity index (χ3v) is 6.09. The lowest BCUT2D eigenvalue weighted by atomic mass is 9.75. The largest absolute Gasteiger partial charge is 0.389 e. The van der Waals surface area contributed by atoms with E-state index in [1.54, 1.807) is 6.92 Å². The number of carbonyl (C=O) groups excluding carboxylic acids is 1. The van der Waals surface area contributed by atoms with E-state index in [2.05, 4.69) is 58.4 Å². The first kappa shape index (κ1) is 29.9. The number of Topliss-reactive ketones (excluding diaryl/α,β-unsaturated/α-hetero) is 1. The molecule has 3 nitrogen and oxygen atoms in total. The molecule has 0 aliphatic heterocycles.